The van der Waals surface area contributed by atoms with Crippen LogP contribution in [0.1, 0.15) is 18.1 Å². The van der Waals surface area contributed by atoms with E-state index in [1.54, 1.807) is 6.07 Å². The SMILES string of the molecule is CCc1ccc(-c2csc(NC(=O)/C=C/c3c(F)cccc3Cl)n2)cc1. The first-order valence-electron chi connectivity index (χ1n) is 8.04. The van der Waals surface area contributed by atoms with Crippen molar-refractivity contribution in [2.45, 2.75) is 13.3 Å². The van der Waals surface area contributed by atoms with Crippen LogP contribution in [0, 0.1) is 5.82 Å². The Labute approximate surface area is 160 Å². The average molecular weight is 387 g/mol. The van der Waals surface area contributed by atoms with Crippen molar-refractivity contribution in [1.82, 2.24) is 4.98 Å². The summed E-state index contributed by atoms with van der Waals surface area (Å²) in [5.74, 6) is -0.875. The van der Waals surface area contributed by atoms with E-state index in [0.717, 1.165) is 17.7 Å². The van der Waals surface area contributed by atoms with Crippen molar-refractivity contribution < 1.29 is 9.18 Å². The van der Waals surface area contributed by atoms with Crippen molar-refractivity contribution in [3.63, 3.8) is 0 Å². The molecule has 0 unspecified atom stereocenters. The molecule has 0 atom stereocenters. The van der Waals surface area contributed by atoms with Crippen molar-refractivity contribution in [1.29, 1.82) is 0 Å². The topological polar surface area (TPSA) is 42.0 Å². The molecule has 3 aromatic rings. The van der Waals surface area contributed by atoms with Crippen LogP contribution in [0.25, 0.3) is 17.3 Å². The molecular weight excluding hydrogens is 371 g/mol. The van der Waals surface area contributed by atoms with Gasteiger partial charge in [-0.15, -0.1) is 11.3 Å². The summed E-state index contributed by atoms with van der Waals surface area (Å²) in [5, 5.41) is 5.29. The van der Waals surface area contributed by atoms with E-state index in [4.69, 9.17) is 11.6 Å². The molecule has 0 aliphatic rings. The minimum absolute atomic E-state index is 0.181. The van der Waals surface area contributed by atoms with Gasteiger partial charge in [0.2, 0.25) is 5.91 Å². The van der Waals surface area contributed by atoms with Crippen LogP contribution in [0.2, 0.25) is 5.02 Å². The molecule has 0 spiro atoms. The number of anilines is 1. The second-order valence-corrected chi connectivity index (χ2v) is 6.81. The predicted molar refractivity (Wildman–Crippen MR) is 106 cm³/mol. The van der Waals surface area contributed by atoms with E-state index in [1.807, 2.05) is 17.5 Å². The number of halogens is 2. The fourth-order valence-corrected chi connectivity index (χ4v) is 3.30. The number of benzene rings is 2. The Balaban J connectivity index is 1.68. The lowest BCUT2D eigenvalue weighted by Gasteiger charge is -2.00. The highest BCUT2D eigenvalue weighted by Gasteiger charge is 2.08. The fraction of sp³-hybridized carbons (Fsp3) is 0.100. The standard InChI is InChI=1S/C20H16ClFN2OS/c1-2-13-6-8-14(9-7-13)18-12-26-20(23-18)24-19(25)11-10-15-16(21)4-3-5-17(15)22/h3-12H,2H2,1H3,(H,23,24,25)/b11-10+. The maximum Gasteiger partial charge on any atom is 0.250 e. The molecule has 1 amide bonds. The van der Waals surface area contributed by atoms with E-state index in [2.05, 4.69) is 29.4 Å². The number of aryl methyl sites for hydroxylation is 1. The van der Waals surface area contributed by atoms with Crippen molar-refractivity contribution >= 4 is 40.1 Å². The molecule has 0 bridgehead atoms. The van der Waals surface area contributed by atoms with Gasteiger partial charge in [0, 0.05) is 22.6 Å². The lowest BCUT2D eigenvalue weighted by molar-refractivity contribution is -0.111. The number of carbonyl (C=O) groups is 1. The molecule has 26 heavy (non-hydrogen) atoms. The van der Waals surface area contributed by atoms with E-state index in [9.17, 15) is 9.18 Å². The van der Waals surface area contributed by atoms with Crippen LogP contribution in [0.15, 0.2) is 53.9 Å². The van der Waals surface area contributed by atoms with Crippen LogP contribution in [0.4, 0.5) is 9.52 Å². The number of aromatic nitrogens is 1. The molecule has 3 nitrogen and oxygen atoms in total. The first kappa shape index (κ1) is 18.3. The smallest absolute Gasteiger partial charge is 0.250 e. The van der Waals surface area contributed by atoms with Gasteiger partial charge < -0.3 is 0 Å². The van der Waals surface area contributed by atoms with Gasteiger partial charge in [-0.3, -0.25) is 10.1 Å². The zero-order valence-electron chi connectivity index (χ0n) is 14.0. The highest BCUT2D eigenvalue weighted by Crippen LogP contribution is 2.25. The van der Waals surface area contributed by atoms with Crippen molar-refractivity contribution in [3.05, 3.63) is 75.9 Å². The van der Waals surface area contributed by atoms with Gasteiger partial charge in [0.15, 0.2) is 5.13 Å². The van der Waals surface area contributed by atoms with E-state index >= 15 is 0 Å². The number of carbonyl (C=O) groups excluding carboxylic acids is 1. The zero-order valence-corrected chi connectivity index (χ0v) is 15.6. The van der Waals surface area contributed by atoms with Gasteiger partial charge in [-0.25, -0.2) is 9.37 Å². The molecule has 0 fully saturated rings. The molecule has 6 heteroatoms. The van der Waals surface area contributed by atoms with Gasteiger partial charge in [-0.2, -0.15) is 0 Å². The number of hydrogen-bond donors (Lipinski definition) is 1. The molecule has 0 saturated carbocycles. The summed E-state index contributed by atoms with van der Waals surface area (Å²) < 4.78 is 13.7. The molecule has 0 radical (unpaired) electrons. The minimum atomic E-state index is -0.478. The summed E-state index contributed by atoms with van der Waals surface area (Å²) in [6.45, 7) is 2.10. The lowest BCUT2D eigenvalue weighted by Crippen LogP contribution is -2.07. The van der Waals surface area contributed by atoms with Gasteiger partial charge >= 0.3 is 0 Å². The Morgan fingerprint density at radius 2 is 2.04 bits per heavy atom. The molecule has 1 heterocycles. The highest BCUT2D eigenvalue weighted by molar-refractivity contribution is 7.14. The summed E-state index contributed by atoms with van der Waals surface area (Å²) in [7, 11) is 0. The number of nitrogens with zero attached hydrogens (tertiary/aromatic N) is 1. The molecule has 0 aliphatic carbocycles. The number of amides is 1. The van der Waals surface area contributed by atoms with Crippen LogP contribution in [-0.2, 0) is 11.2 Å². The van der Waals surface area contributed by atoms with Gasteiger partial charge in [0.1, 0.15) is 5.82 Å². The van der Waals surface area contributed by atoms with E-state index in [-0.39, 0.29) is 10.6 Å². The predicted octanol–water partition coefficient (Wildman–Crippen LogP) is 5.82. The van der Waals surface area contributed by atoms with E-state index in [0.29, 0.717) is 5.13 Å². The second kappa shape index (κ2) is 8.25. The Bertz CT molecular complexity index is 930. The van der Waals surface area contributed by atoms with Crippen LogP contribution in [0.5, 0.6) is 0 Å². The average Bonchev–Trinajstić information content (AvgIpc) is 3.10. The zero-order chi connectivity index (χ0) is 18.5. The maximum absolute atomic E-state index is 13.7. The largest absolute Gasteiger partial charge is 0.298 e. The Morgan fingerprint density at radius 3 is 2.73 bits per heavy atom. The summed E-state index contributed by atoms with van der Waals surface area (Å²) in [6.07, 6.45) is 3.57. The van der Waals surface area contributed by atoms with Crippen molar-refractivity contribution in [2.24, 2.45) is 0 Å². The fourth-order valence-electron chi connectivity index (χ4n) is 2.35. The molecule has 2 aromatic carbocycles. The normalized spacial score (nSPS) is 11.0. The Hall–Kier alpha value is -2.50. The van der Waals surface area contributed by atoms with Gasteiger partial charge in [-0.05, 0) is 30.2 Å². The van der Waals surface area contributed by atoms with E-state index < -0.39 is 11.7 Å². The molecule has 1 aromatic heterocycles. The maximum atomic E-state index is 13.7. The monoisotopic (exact) mass is 386 g/mol. The third-order valence-electron chi connectivity index (χ3n) is 3.79. The number of hydrogen-bond acceptors (Lipinski definition) is 3. The van der Waals surface area contributed by atoms with Crippen LogP contribution < -0.4 is 5.32 Å². The first-order chi connectivity index (χ1) is 12.6. The van der Waals surface area contributed by atoms with Gasteiger partial charge in [0.05, 0.1) is 10.7 Å². The lowest BCUT2D eigenvalue weighted by atomic mass is 10.1. The summed E-state index contributed by atoms with van der Waals surface area (Å²) >= 11 is 7.27. The van der Waals surface area contributed by atoms with Gasteiger partial charge in [-0.1, -0.05) is 48.9 Å². The Morgan fingerprint density at radius 1 is 1.27 bits per heavy atom. The number of rotatable bonds is 5. The molecular formula is C20H16ClFN2OS. The minimum Gasteiger partial charge on any atom is -0.298 e. The molecule has 1 N–H and O–H groups in total. The van der Waals surface area contributed by atoms with Gasteiger partial charge in [0.25, 0.3) is 0 Å². The molecule has 0 saturated heterocycles. The first-order valence-corrected chi connectivity index (χ1v) is 9.30. The molecule has 0 aliphatic heterocycles. The molecule has 132 valence electrons. The second-order valence-electron chi connectivity index (χ2n) is 5.55. The summed E-state index contributed by atoms with van der Waals surface area (Å²) in [4.78, 5) is 16.5. The highest BCUT2D eigenvalue weighted by atomic mass is 35.5. The Kier molecular flexibility index (Phi) is 5.81. The van der Waals surface area contributed by atoms with E-state index in [1.165, 1.54) is 41.2 Å². The number of thiazole rings is 1. The molecule has 3 rings (SSSR count). The number of nitrogens with one attached hydrogen (secondary N) is 1. The van der Waals surface area contributed by atoms with Crippen molar-refractivity contribution in [3.8, 4) is 11.3 Å². The van der Waals surface area contributed by atoms with Crippen molar-refractivity contribution in [2.75, 3.05) is 5.32 Å². The third kappa shape index (κ3) is 4.36. The quantitative estimate of drug-likeness (QED) is 0.561. The van der Waals surface area contributed by atoms with Crippen LogP contribution in [0.3, 0.4) is 0 Å². The summed E-state index contributed by atoms with van der Waals surface area (Å²) in [6, 6.07) is 12.5. The third-order valence-corrected chi connectivity index (χ3v) is 4.88. The summed E-state index contributed by atoms with van der Waals surface area (Å²) in [5.41, 5.74) is 3.23. The van der Waals surface area contributed by atoms with Crippen LogP contribution >= 0.6 is 22.9 Å². The van der Waals surface area contributed by atoms with Crippen LogP contribution in [-0.4, -0.2) is 10.9 Å².